The molecule has 3 heterocycles. The highest BCUT2D eigenvalue weighted by atomic mass is 16.5. The third-order valence-electron chi connectivity index (χ3n) is 7.10. The summed E-state index contributed by atoms with van der Waals surface area (Å²) in [6, 6.07) is 13.1. The van der Waals surface area contributed by atoms with E-state index in [1.165, 1.54) is 39.1 Å². The molecule has 33 heavy (non-hydrogen) atoms. The van der Waals surface area contributed by atoms with Crippen LogP contribution < -0.4 is 9.47 Å². The number of methoxy groups -OCH3 is 1. The summed E-state index contributed by atoms with van der Waals surface area (Å²) in [7, 11) is 1.73. The number of benzene rings is 2. The van der Waals surface area contributed by atoms with Gasteiger partial charge in [0.2, 0.25) is 0 Å². The molecule has 2 aromatic carbocycles. The summed E-state index contributed by atoms with van der Waals surface area (Å²) in [5.41, 5.74) is 10.3. The normalized spacial score (nSPS) is 17.4. The summed E-state index contributed by atoms with van der Waals surface area (Å²) in [5, 5.41) is 0. The van der Waals surface area contributed by atoms with Gasteiger partial charge in [-0.1, -0.05) is 43.0 Å². The van der Waals surface area contributed by atoms with Gasteiger partial charge < -0.3 is 14.5 Å². The number of H-pyrrole nitrogens is 1. The minimum Gasteiger partial charge on any atom is -0.493 e. The highest BCUT2D eigenvalue weighted by molar-refractivity contribution is 5.67. The highest BCUT2D eigenvalue weighted by Crippen LogP contribution is 2.44. The number of aromatic nitrogens is 1. The number of ether oxygens (including phenoxy) is 2. The molecule has 0 saturated carbocycles. The molecule has 5 rings (SSSR count). The van der Waals surface area contributed by atoms with Crippen molar-refractivity contribution in [2.24, 2.45) is 0 Å². The van der Waals surface area contributed by atoms with Gasteiger partial charge in [0, 0.05) is 36.1 Å². The largest absolute Gasteiger partial charge is 0.493 e. The van der Waals surface area contributed by atoms with Crippen LogP contribution in [0.15, 0.2) is 49.1 Å². The van der Waals surface area contributed by atoms with Gasteiger partial charge in [-0.15, -0.1) is 0 Å². The third-order valence-corrected chi connectivity index (χ3v) is 7.10. The lowest BCUT2D eigenvalue weighted by atomic mass is 9.84. The Morgan fingerprint density at radius 2 is 2.06 bits per heavy atom. The lowest BCUT2D eigenvalue weighted by Crippen LogP contribution is -2.39. The van der Waals surface area contributed by atoms with Crippen LogP contribution in [0.25, 0.3) is 12.2 Å². The SMILES string of the molecule is C=Cc1[nH]c2c(c1/C=C\C)CC1c3cc(OCc4ccccc4C)c(OC)cc3CCN1C2. The number of hydrogen-bond donors (Lipinski definition) is 1. The number of aromatic amines is 1. The van der Waals surface area contributed by atoms with Crippen molar-refractivity contribution in [2.45, 2.75) is 45.9 Å². The molecule has 2 aliphatic rings. The van der Waals surface area contributed by atoms with Crippen molar-refractivity contribution in [3.8, 4) is 11.5 Å². The molecule has 1 unspecified atom stereocenters. The molecule has 0 fully saturated rings. The molecule has 0 amide bonds. The van der Waals surface area contributed by atoms with Gasteiger partial charge in [0.1, 0.15) is 6.61 Å². The first-order valence-electron chi connectivity index (χ1n) is 11.7. The number of allylic oxidation sites excluding steroid dienone is 1. The van der Waals surface area contributed by atoms with Crippen LogP contribution in [0.4, 0.5) is 0 Å². The predicted molar refractivity (Wildman–Crippen MR) is 135 cm³/mol. The second-order valence-corrected chi connectivity index (χ2v) is 8.97. The van der Waals surface area contributed by atoms with E-state index in [4.69, 9.17) is 9.47 Å². The number of fused-ring (bicyclic) bond motifs is 4. The number of aryl methyl sites for hydroxylation is 1. The first-order chi connectivity index (χ1) is 16.1. The van der Waals surface area contributed by atoms with Gasteiger partial charge in [-0.25, -0.2) is 0 Å². The molecule has 1 aromatic heterocycles. The highest BCUT2D eigenvalue weighted by Gasteiger charge is 2.35. The Morgan fingerprint density at radius 3 is 2.82 bits per heavy atom. The molecule has 2 aliphatic heterocycles. The van der Waals surface area contributed by atoms with Gasteiger partial charge in [0.15, 0.2) is 11.5 Å². The second-order valence-electron chi connectivity index (χ2n) is 8.97. The first-order valence-corrected chi connectivity index (χ1v) is 11.7. The fraction of sp³-hybridized carbons (Fsp3) is 0.310. The van der Waals surface area contributed by atoms with Crippen LogP contribution in [0, 0.1) is 6.92 Å². The topological polar surface area (TPSA) is 37.5 Å². The Labute approximate surface area is 196 Å². The monoisotopic (exact) mass is 440 g/mol. The van der Waals surface area contributed by atoms with Gasteiger partial charge >= 0.3 is 0 Å². The summed E-state index contributed by atoms with van der Waals surface area (Å²) in [6.07, 6.45) is 8.25. The molecule has 0 bridgehead atoms. The van der Waals surface area contributed by atoms with Crippen LogP contribution in [-0.2, 0) is 26.0 Å². The van der Waals surface area contributed by atoms with Gasteiger partial charge in [-0.05, 0) is 72.7 Å². The molecule has 4 heteroatoms. The van der Waals surface area contributed by atoms with E-state index in [1.807, 2.05) is 6.08 Å². The van der Waals surface area contributed by atoms with E-state index < -0.39 is 0 Å². The van der Waals surface area contributed by atoms with Crippen LogP contribution in [0.1, 0.15) is 57.7 Å². The Kier molecular flexibility index (Phi) is 5.86. The number of nitrogens with zero attached hydrogens (tertiary/aromatic N) is 1. The van der Waals surface area contributed by atoms with Crippen molar-refractivity contribution in [1.29, 1.82) is 0 Å². The molecule has 1 atom stereocenters. The van der Waals surface area contributed by atoms with Crippen LogP contribution >= 0.6 is 0 Å². The molecule has 4 nitrogen and oxygen atoms in total. The van der Waals surface area contributed by atoms with E-state index in [0.717, 1.165) is 43.1 Å². The Hall–Kier alpha value is -3.24. The molecule has 170 valence electrons. The molecule has 0 spiro atoms. The van der Waals surface area contributed by atoms with Crippen molar-refractivity contribution in [3.05, 3.63) is 93.8 Å². The summed E-state index contributed by atoms with van der Waals surface area (Å²) < 4.78 is 12.0. The van der Waals surface area contributed by atoms with E-state index in [1.54, 1.807) is 7.11 Å². The van der Waals surface area contributed by atoms with Gasteiger partial charge in [0.05, 0.1) is 7.11 Å². The summed E-state index contributed by atoms with van der Waals surface area (Å²) in [4.78, 5) is 6.20. The van der Waals surface area contributed by atoms with E-state index in [-0.39, 0.29) is 0 Å². The second kappa shape index (κ2) is 8.95. The summed E-state index contributed by atoms with van der Waals surface area (Å²) in [6.45, 7) is 10.7. The zero-order valence-corrected chi connectivity index (χ0v) is 19.8. The van der Waals surface area contributed by atoms with Crippen LogP contribution in [0.5, 0.6) is 11.5 Å². The molecular formula is C29H32N2O2. The van der Waals surface area contributed by atoms with E-state index in [9.17, 15) is 0 Å². The van der Waals surface area contributed by atoms with Gasteiger partial charge in [-0.3, -0.25) is 4.90 Å². The van der Waals surface area contributed by atoms with Crippen molar-refractivity contribution in [3.63, 3.8) is 0 Å². The Bertz CT molecular complexity index is 1220. The van der Waals surface area contributed by atoms with Crippen LogP contribution in [-0.4, -0.2) is 23.5 Å². The van der Waals surface area contributed by atoms with E-state index in [0.29, 0.717) is 12.6 Å². The third kappa shape index (κ3) is 3.89. The predicted octanol–water partition coefficient (Wildman–Crippen LogP) is 6.24. The fourth-order valence-corrected chi connectivity index (χ4v) is 5.30. The van der Waals surface area contributed by atoms with E-state index in [2.05, 4.69) is 78.9 Å². The lowest BCUT2D eigenvalue weighted by Gasteiger charge is -2.41. The maximum Gasteiger partial charge on any atom is 0.162 e. The molecule has 0 radical (unpaired) electrons. The van der Waals surface area contributed by atoms with Crippen molar-refractivity contribution in [2.75, 3.05) is 13.7 Å². The van der Waals surface area contributed by atoms with Crippen molar-refractivity contribution < 1.29 is 9.47 Å². The summed E-state index contributed by atoms with van der Waals surface area (Å²) in [5.74, 6) is 1.64. The average Bonchev–Trinajstić information content (AvgIpc) is 3.18. The molecular weight excluding hydrogens is 408 g/mol. The van der Waals surface area contributed by atoms with Gasteiger partial charge in [0.25, 0.3) is 0 Å². The van der Waals surface area contributed by atoms with E-state index >= 15 is 0 Å². The van der Waals surface area contributed by atoms with Gasteiger partial charge in [-0.2, -0.15) is 0 Å². The smallest absolute Gasteiger partial charge is 0.162 e. The zero-order valence-electron chi connectivity index (χ0n) is 19.8. The van der Waals surface area contributed by atoms with Crippen LogP contribution in [0.2, 0.25) is 0 Å². The van der Waals surface area contributed by atoms with Crippen molar-refractivity contribution >= 4 is 12.2 Å². The quantitative estimate of drug-likeness (QED) is 0.493. The molecule has 0 aliphatic carbocycles. The average molecular weight is 441 g/mol. The van der Waals surface area contributed by atoms with Crippen LogP contribution in [0.3, 0.4) is 0 Å². The number of nitrogens with one attached hydrogen (secondary N) is 1. The Morgan fingerprint density at radius 1 is 1.21 bits per heavy atom. The summed E-state index contributed by atoms with van der Waals surface area (Å²) >= 11 is 0. The Balaban J connectivity index is 1.49. The molecule has 3 aromatic rings. The molecule has 0 saturated heterocycles. The fourth-order valence-electron chi connectivity index (χ4n) is 5.30. The number of hydrogen-bond acceptors (Lipinski definition) is 3. The standard InChI is InChI=1S/C29H32N2O2/c1-5-9-22-24-15-27-23-16-29(33-18-21-11-8-7-10-19(21)3)28(32-4)14-20(23)12-13-31(27)17-26(24)30-25(22)6-2/h5-11,14,16,27,30H,2,12-13,15,17-18H2,1,3-4H3/b9-5-. The zero-order chi connectivity index (χ0) is 22.9. The maximum atomic E-state index is 6.32. The minimum atomic E-state index is 0.338. The number of rotatable bonds is 6. The van der Waals surface area contributed by atoms with Crippen molar-refractivity contribution in [1.82, 2.24) is 9.88 Å². The maximum absolute atomic E-state index is 6.32. The first kappa shape index (κ1) is 21.6. The lowest BCUT2D eigenvalue weighted by molar-refractivity contribution is 0.158. The molecule has 1 N–H and O–H groups in total. The minimum absolute atomic E-state index is 0.338.